The predicted molar refractivity (Wildman–Crippen MR) is 329 cm³/mol. The number of phenols is 2. The maximum atomic E-state index is 12.7. The van der Waals surface area contributed by atoms with E-state index in [2.05, 4.69) is 71.6 Å². The second-order valence-corrected chi connectivity index (χ2v) is 28.4. The number of azo groups is 2. The summed E-state index contributed by atoms with van der Waals surface area (Å²) in [6, 6.07) is 26.2. The molecule has 0 atom stereocenters. The average molecular weight is 1630 g/mol. The topological polar surface area (TPSA) is 559 Å². The first kappa shape index (κ1) is 95.3. The summed E-state index contributed by atoms with van der Waals surface area (Å²) >= 11 is 12.6. The fraction of sp³-hybridized carbons (Fsp3) is 0.0189. The third-order valence-corrected chi connectivity index (χ3v) is 18.9. The molecule has 50 heteroatoms. The quantitative estimate of drug-likeness (QED) is 0.0249. The van der Waals surface area contributed by atoms with E-state index in [1.807, 2.05) is 6.07 Å². The van der Waals surface area contributed by atoms with Gasteiger partial charge in [0.1, 0.15) is 77.8 Å². The molecule has 6 N–H and O–H groups in total. The molecular formula is C53H30Cl2N14Na8O20S6+2. The van der Waals surface area contributed by atoms with Crippen LogP contribution in [0.25, 0.3) is 43.1 Å². The van der Waals surface area contributed by atoms with Crippen LogP contribution in [0.1, 0.15) is 5.56 Å². The second-order valence-electron chi connectivity index (χ2n) is 19.6. The Morgan fingerprint density at radius 1 is 0.388 bits per heavy atom. The Morgan fingerprint density at radius 2 is 0.854 bits per heavy atom. The molecular weight excluding hydrogens is 1600 g/mol. The Morgan fingerprint density at radius 3 is 1.35 bits per heavy atom. The molecule has 0 fully saturated rings. The standard InChI is InChI=1S/C53H36Cl2N14O20S6.8Na/c54-48-60-50(64-52(62-48)58-36-21-31(90(72,73)74)18-28-20-40(94(84,85)86)44(46(71)42(28)36)69-67-35-14-13-33-34(47(35)95(87,88)89)9-4-10-38(33)92(78,79)80)56-23-24-5-3-8-29(15-24)57-51-61-49(55)63-53(65-51)59-37-22-32(91(75,76)77)17-27-19-39(93(81,82)83)43(45(70)41(27)37)68-66-30-12-11-25-6-1-2-7-26(25)16-30;;;;;;;;/h1-22,70-71H,23H2,(H,72,73,74)(H,75,76,77)(H,78,79,80)(H,81,82,83)(H,84,85,86)(H,87,88,89)(H2,56,58,60,62,64)(H2,57,59,61,63,65);;;;;;;;/q;8*+1/p-6. The first-order valence-corrected chi connectivity index (χ1v) is 34.9. The summed E-state index contributed by atoms with van der Waals surface area (Å²) in [5, 5.41) is 46.7. The predicted octanol–water partition coefficient (Wildman–Crippen LogP) is -15.5. The Labute approximate surface area is 771 Å². The molecule has 0 amide bonds. The van der Waals surface area contributed by atoms with Crippen molar-refractivity contribution in [2.24, 2.45) is 20.5 Å². The molecule has 103 heavy (non-hydrogen) atoms. The van der Waals surface area contributed by atoms with Crippen molar-refractivity contribution in [3.63, 3.8) is 0 Å². The van der Waals surface area contributed by atoms with Gasteiger partial charge in [0.2, 0.25) is 34.4 Å². The monoisotopic (exact) mass is 1630 g/mol. The van der Waals surface area contributed by atoms with E-state index in [0.29, 0.717) is 47.3 Å². The SMILES string of the molecule is O=S(=O)([O-])c1cc(Nc2nc(Cl)nc(NCc3cccc(Nc4nc(Cl)nc(Nc5cc(S(=O)(=O)[O-])cc6cc(S(=O)(=O)[O-])c(N=Nc7ccc8ccccc8c7)c(O)c56)n4)c3)n2)c2c(O)c(N=Nc3ccc4c(S(=O)(=O)[O-])cccc4c3S(=O)(=O)[O-])c(S(=O)(=O)[O-])cc2c1.[Na+].[Na+].[Na+].[Na+].[Na+].[Na+].[Na+].[Na+]. The molecule has 0 spiro atoms. The van der Waals surface area contributed by atoms with Crippen LogP contribution in [-0.2, 0) is 67.3 Å². The van der Waals surface area contributed by atoms with Crippen LogP contribution in [0.5, 0.6) is 11.5 Å². The van der Waals surface area contributed by atoms with Crippen molar-refractivity contribution in [3.05, 3.63) is 150 Å². The minimum absolute atomic E-state index is 0. The maximum absolute atomic E-state index is 12.7. The molecule has 0 saturated heterocycles. The molecule has 9 aromatic carbocycles. The molecule has 2 aromatic heterocycles. The Kier molecular flexibility index (Phi) is 35.0. The zero-order valence-corrected chi connectivity index (χ0v) is 76.7. The third kappa shape index (κ3) is 22.7. The van der Waals surface area contributed by atoms with Crippen molar-refractivity contribution in [1.29, 1.82) is 0 Å². The summed E-state index contributed by atoms with van der Waals surface area (Å²) in [5.41, 5.74) is -3.26. The minimum Gasteiger partial charge on any atom is -0.744 e. The number of rotatable bonds is 19. The van der Waals surface area contributed by atoms with Crippen molar-refractivity contribution in [3.8, 4) is 11.5 Å². The number of fused-ring (bicyclic) bond motifs is 4. The molecule has 0 bridgehead atoms. The fourth-order valence-electron chi connectivity index (χ4n) is 9.54. The van der Waals surface area contributed by atoms with Crippen molar-refractivity contribution < 1.29 is 324 Å². The van der Waals surface area contributed by atoms with Crippen molar-refractivity contribution >= 4 is 191 Å². The van der Waals surface area contributed by atoms with Crippen LogP contribution >= 0.6 is 23.2 Å². The summed E-state index contributed by atoms with van der Waals surface area (Å²) in [6.07, 6.45) is 0. The molecule has 11 rings (SSSR count). The number of aromatic hydroxyl groups is 2. The molecule has 0 aliphatic rings. The van der Waals surface area contributed by atoms with Gasteiger partial charge in [0.25, 0.3) is 0 Å². The van der Waals surface area contributed by atoms with Gasteiger partial charge < -0.3 is 58.8 Å². The molecule has 0 saturated carbocycles. The van der Waals surface area contributed by atoms with Gasteiger partial charge in [-0.3, -0.25) is 0 Å². The zero-order chi connectivity index (χ0) is 68.5. The fourth-order valence-corrected chi connectivity index (χ4v) is 13.7. The van der Waals surface area contributed by atoms with Crippen LogP contribution in [0, 0.1) is 0 Å². The van der Waals surface area contributed by atoms with Crippen LogP contribution in [0.4, 0.5) is 63.6 Å². The van der Waals surface area contributed by atoms with Gasteiger partial charge in [-0.15, -0.1) is 15.3 Å². The summed E-state index contributed by atoms with van der Waals surface area (Å²) in [6.45, 7) is -0.158. The van der Waals surface area contributed by atoms with Gasteiger partial charge in [-0.25, -0.2) is 50.5 Å². The number of halogens is 2. The largest absolute Gasteiger partial charge is 1.00 e. The number of hydrogen-bond donors (Lipinski definition) is 6. The number of benzene rings is 9. The first-order valence-electron chi connectivity index (χ1n) is 25.7. The molecule has 11 aromatic rings. The number of aromatic nitrogens is 6. The van der Waals surface area contributed by atoms with E-state index in [9.17, 15) is 88.0 Å². The smallest absolute Gasteiger partial charge is 0.744 e. The van der Waals surface area contributed by atoms with Crippen molar-refractivity contribution in [1.82, 2.24) is 29.9 Å². The van der Waals surface area contributed by atoms with E-state index in [4.69, 9.17) is 23.2 Å². The minimum atomic E-state index is -5.80. The molecule has 2 heterocycles. The van der Waals surface area contributed by atoms with Crippen LogP contribution < -0.4 is 258 Å². The van der Waals surface area contributed by atoms with Gasteiger partial charge in [-0.1, -0.05) is 60.7 Å². The number of hydrogen-bond acceptors (Lipinski definition) is 34. The zero-order valence-electron chi connectivity index (χ0n) is 54.3. The molecule has 0 aliphatic heterocycles. The van der Waals surface area contributed by atoms with Gasteiger partial charge in [0.15, 0.2) is 11.5 Å². The Hall–Kier alpha value is -1.92. The van der Waals surface area contributed by atoms with E-state index < -0.39 is 185 Å². The van der Waals surface area contributed by atoms with Gasteiger partial charge in [0, 0.05) is 33.8 Å². The Balaban J connectivity index is 0.00000345. The summed E-state index contributed by atoms with van der Waals surface area (Å²) in [4.78, 5) is 17.6. The summed E-state index contributed by atoms with van der Waals surface area (Å²) < 4.78 is 225. The van der Waals surface area contributed by atoms with Crippen molar-refractivity contribution in [2.75, 3.05) is 21.3 Å². The number of nitrogens with one attached hydrogen (secondary N) is 4. The van der Waals surface area contributed by atoms with Crippen LogP contribution in [-0.4, -0.2) is 118 Å². The van der Waals surface area contributed by atoms with Gasteiger partial charge in [0.05, 0.1) is 46.4 Å². The number of anilines is 7. The molecule has 0 unspecified atom stereocenters. The van der Waals surface area contributed by atoms with Crippen molar-refractivity contribution in [2.45, 2.75) is 35.9 Å². The summed E-state index contributed by atoms with van der Waals surface area (Å²) in [5.74, 6) is -3.97. The summed E-state index contributed by atoms with van der Waals surface area (Å²) in [7, 11) is -33.1. The van der Waals surface area contributed by atoms with Crippen LogP contribution in [0.15, 0.2) is 183 Å². The van der Waals surface area contributed by atoms with Gasteiger partial charge in [-0.2, -0.15) is 35.0 Å². The number of phenolic OH excluding ortho intramolecular Hbond substituents is 2. The number of nitrogens with zero attached hydrogens (tertiary/aromatic N) is 10. The molecule has 488 valence electrons. The van der Waals surface area contributed by atoms with E-state index in [1.165, 1.54) is 18.2 Å². The molecule has 0 radical (unpaired) electrons. The van der Waals surface area contributed by atoms with Gasteiger partial charge >= 0.3 is 236 Å². The maximum Gasteiger partial charge on any atom is 1.00 e. The van der Waals surface area contributed by atoms with Gasteiger partial charge in [-0.05, 0) is 123 Å². The first-order chi connectivity index (χ1) is 44.5. The molecule has 34 nitrogen and oxygen atoms in total. The van der Waals surface area contributed by atoms with Crippen LogP contribution in [0.3, 0.4) is 0 Å². The van der Waals surface area contributed by atoms with E-state index in [-0.39, 0.29) is 266 Å². The molecule has 0 aliphatic carbocycles. The normalized spacial score (nSPS) is 11.8. The van der Waals surface area contributed by atoms with E-state index >= 15 is 0 Å². The average Bonchev–Trinajstić information content (AvgIpc) is 0.761. The Bertz CT molecular complexity index is 5970. The second kappa shape index (κ2) is 37.9. The van der Waals surface area contributed by atoms with E-state index in [1.54, 1.807) is 42.5 Å². The van der Waals surface area contributed by atoms with Crippen LogP contribution in [0.2, 0.25) is 10.6 Å². The van der Waals surface area contributed by atoms with E-state index in [0.717, 1.165) is 35.7 Å². The third-order valence-electron chi connectivity index (χ3n) is 13.4.